The van der Waals surface area contributed by atoms with Gasteiger partial charge in [-0.05, 0) is 53.8 Å². The third-order valence-electron chi connectivity index (χ3n) is 2.74. The highest BCUT2D eigenvalue weighted by atomic mass is 79.9. The van der Waals surface area contributed by atoms with Crippen LogP contribution in [0.4, 0.5) is 5.69 Å². The lowest BCUT2D eigenvalue weighted by molar-refractivity contribution is 0.403. The molecular formula is C15H18BrN3. The zero-order valence-electron chi connectivity index (χ0n) is 11.2. The Morgan fingerprint density at radius 1 is 1.11 bits per heavy atom. The summed E-state index contributed by atoms with van der Waals surface area (Å²) in [5.41, 5.74) is 3.48. The van der Waals surface area contributed by atoms with Gasteiger partial charge in [-0.1, -0.05) is 24.3 Å². The summed E-state index contributed by atoms with van der Waals surface area (Å²) < 4.78 is 0.869. The Kier molecular flexibility index (Phi) is 4.93. The highest BCUT2D eigenvalue weighted by molar-refractivity contribution is 9.10. The van der Waals surface area contributed by atoms with Crippen molar-refractivity contribution in [3.05, 3.63) is 58.3 Å². The molecule has 100 valence electrons. The van der Waals surface area contributed by atoms with Gasteiger partial charge in [0.05, 0.1) is 12.2 Å². The molecule has 0 aliphatic carbocycles. The van der Waals surface area contributed by atoms with Crippen molar-refractivity contribution in [1.82, 2.24) is 9.88 Å². The second-order valence-electron chi connectivity index (χ2n) is 4.70. The largest absolute Gasteiger partial charge is 0.379 e. The van der Waals surface area contributed by atoms with Gasteiger partial charge in [-0.15, -0.1) is 0 Å². The van der Waals surface area contributed by atoms with E-state index in [9.17, 15) is 0 Å². The summed E-state index contributed by atoms with van der Waals surface area (Å²) in [5, 5.41) is 3.45. The molecule has 4 heteroatoms. The summed E-state index contributed by atoms with van der Waals surface area (Å²) >= 11 is 3.39. The lowest BCUT2D eigenvalue weighted by Crippen LogP contribution is -2.13. The summed E-state index contributed by atoms with van der Waals surface area (Å²) in [7, 11) is 4.15. The van der Waals surface area contributed by atoms with Gasteiger partial charge in [0.2, 0.25) is 0 Å². The highest BCUT2D eigenvalue weighted by Crippen LogP contribution is 2.17. The van der Waals surface area contributed by atoms with Crippen LogP contribution in [0.1, 0.15) is 11.3 Å². The molecule has 0 saturated heterocycles. The Morgan fingerprint density at radius 3 is 2.63 bits per heavy atom. The third kappa shape index (κ3) is 4.33. The predicted molar refractivity (Wildman–Crippen MR) is 83.1 cm³/mol. The number of hydrogen-bond donors (Lipinski definition) is 1. The molecule has 0 atom stereocenters. The summed E-state index contributed by atoms with van der Waals surface area (Å²) in [6.45, 7) is 1.65. The summed E-state index contributed by atoms with van der Waals surface area (Å²) in [4.78, 5) is 6.59. The smallest absolute Gasteiger partial charge is 0.106 e. The van der Waals surface area contributed by atoms with E-state index in [0.717, 1.165) is 29.1 Å². The number of benzene rings is 1. The minimum atomic E-state index is 0.726. The fraction of sp³-hybridized carbons (Fsp3) is 0.267. The van der Waals surface area contributed by atoms with Gasteiger partial charge in [0.25, 0.3) is 0 Å². The topological polar surface area (TPSA) is 28.2 Å². The van der Waals surface area contributed by atoms with E-state index in [0.29, 0.717) is 0 Å². The fourth-order valence-electron chi connectivity index (χ4n) is 1.91. The first-order chi connectivity index (χ1) is 9.15. The van der Waals surface area contributed by atoms with Crippen LogP contribution in [0.5, 0.6) is 0 Å². The summed E-state index contributed by atoms with van der Waals surface area (Å²) in [6.07, 6.45) is 0. The Morgan fingerprint density at radius 2 is 1.89 bits per heavy atom. The number of nitrogens with one attached hydrogen (secondary N) is 1. The van der Waals surface area contributed by atoms with Crippen molar-refractivity contribution in [3.8, 4) is 0 Å². The number of hydrogen-bond acceptors (Lipinski definition) is 3. The van der Waals surface area contributed by atoms with Crippen LogP contribution in [0.3, 0.4) is 0 Å². The molecule has 0 aliphatic heterocycles. The van der Waals surface area contributed by atoms with Gasteiger partial charge in [0.15, 0.2) is 0 Å². The molecule has 1 aromatic carbocycles. The SMILES string of the molecule is CN(C)Cc1ccccc1NCc1cccc(Br)n1. The Hall–Kier alpha value is -1.39. The van der Waals surface area contributed by atoms with E-state index < -0.39 is 0 Å². The number of anilines is 1. The van der Waals surface area contributed by atoms with Crippen LogP contribution in [0.15, 0.2) is 47.1 Å². The monoisotopic (exact) mass is 319 g/mol. The molecule has 2 rings (SSSR count). The Bertz CT molecular complexity index is 540. The molecule has 0 amide bonds. The first-order valence-corrected chi connectivity index (χ1v) is 7.02. The number of nitrogens with zero attached hydrogens (tertiary/aromatic N) is 2. The number of rotatable bonds is 5. The maximum atomic E-state index is 4.42. The molecule has 0 bridgehead atoms. The lowest BCUT2D eigenvalue weighted by Gasteiger charge is -2.15. The van der Waals surface area contributed by atoms with E-state index in [4.69, 9.17) is 0 Å². The molecule has 3 nitrogen and oxygen atoms in total. The van der Waals surface area contributed by atoms with E-state index in [1.807, 2.05) is 18.2 Å². The second kappa shape index (κ2) is 6.68. The van der Waals surface area contributed by atoms with Crippen LogP contribution >= 0.6 is 15.9 Å². The molecule has 19 heavy (non-hydrogen) atoms. The van der Waals surface area contributed by atoms with Gasteiger partial charge in [-0.3, -0.25) is 0 Å². The van der Waals surface area contributed by atoms with Gasteiger partial charge in [-0.25, -0.2) is 4.98 Å². The minimum absolute atomic E-state index is 0.726. The predicted octanol–water partition coefficient (Wildman–Crippen LogP) is 3.52. The Labute approximate surface area is 122 Å². The molecule has 0 spiro atoms. The average molecular weight is 320 g/mol. The van der Waals surface area contributed by atoms with Crippen molar-refractivity contribution >= 4 is 21.6 Å². The highest BCUT2D eigenvalue weighted by Gasteiger charge is 2.03. The van der Waals surface area contributed by atoms with Crippen LogP contribution in [0.2, 0.25) is 0 Å². The first kappa shape index (κ1) is 14.0. The van der Waals surface area contributed by atoms with Gasteiger partial charge in [0, 0.05) is 12.2 Å². The lowest BCUT2D eigenvalue weighted by atomic mass is 10.1. The molecule has 0 aliphatic rings. The van der Waals surface area contributed by atoms with Crippen molar-refractivity contribution in [1.29, 1.82) is 0 Å². The molecule has 0 radical (unpaired) electrons. The second-order valence-corrected chi connectivity index (χ2v) is 5.51. The number of aromatic nitrogens is 1. The molecule has 2 aromatic rings. The molecule has 1 heterocycles. The maximum absolute atomic E-state index is 4.42. The van der Waals surface area contributed by atoms with E-state index in [2.05, 4.69) is 69.5 Å². The molecule has 1 aromatic heterocycles. The zero-order chi connectivity index (χ0) is 13.7. The van der Waals surface area contributed by atoms with Gasteiger partial charge in [-0.2, -0.15) is 0 Å². The standard InChI is InChI=1S/C15H18BrN3/c1-19(2)11-12-6-3-4-8-14(12)17-10-13-7-5-9-15(16)18-13/h3-9,17H,10-11H2,1-2H3. The molecular weight excluding hydrogens is 302 g/mol. The molecule has 0 saturated carbocycles. The number of para-hydroxylation sites is 1. The van der Waals surface area contributed by atoms with Crippen LogP contribution in [-0.4, -0.2) is 24.0 Å². The zero-order valence-corrected chi connectivity index (χ0v) is 12.8. The average Bonchev–Trinajstić information content (AvgIpc) is 2.37. The van der Waals surface area contributed by atoms with Crippen molar-refractivity contribution in [2.24, 2.45) is 0 Å². The normalized spacial score (nSPS) is 10.7. The van der Waals surface area contributed by atoms with Crippen molar-refractivity contribution in [2.45, 2.75) is 13.1 Å². The van der Waals surface area contributed by atoms with E-state index in [1.165, 1.54) is 5.56 Å². The van der Waals surface area contributed by atoms with Gasteiger partial charge >= 0.3 is 0 Å². The van der Waals surface area contributed by atoms with Crippen molar-refractivity contribution in [3.63, 3.8) is 0 Å². The number of pyridine rings is 1. The first-order valence-electron chi connectivity index (χ1n) is 6.23. The van der Waals surface area contributed by atoms with Crippen LogP contribution in [0.25, 0.3) is 0 Å². The van der Waals surface area contributed by atoms with Crippen LogP contribution < -0.4 is 5.32 Å². The number of halogens is 1. The molecule has 1 N–H and O–H groups in total. The molecule has 0 fully saturated rings. The van der Waals surface area contributed by atoms with Crippen LogP contribution in [-0.2, 0) is 13.1 Å². The van der Waals surface area contributed by atoms with Crippen molar-refractivity contribution < 1.29 is 0 Å². The molecule has 0 unspecified atom stereocenters. The van der Waals surface area contributed by atoms with Crippen molar-refractivity contribution in [2.75, 3.05) is 19.4 Å². The van der Waals surface area contributed by atoms with Gasteiger partial charge in [0.1, 0.15) is 4.60 Å². The van der Waals surface area contributed by atoms with Crippen LogP contribution in [0, 0.1) is 0 Å². The van der Waals surface area contributed by atoms with Gasteiger partial charge < -0.3 is 10.2 Å². The third-order valence-corrected chi connectivity index (χ3v) is 3.18. The quantitative estimate of drug-likeness (QED) is 0.855. The van der Waals surface area contributed by atoms with E-state index in [1.54, 1.807) is 0 Å². The summed E-state index contributed by atoms with van der Waals surface area (Å²) in [6, 6.07) is 14.3. The maximum Gasteiger partial charge on any atom is 0.106 e. The van der Waals surface area contributed by atoms with E-state index in [-0.39, 0.29) is 0 Å². The minimum Gasteiger partial charge on any atom is -0.379 e. The summed E-state index contributed by atoms with van der Waals surface area (Å²) in [5.74, 6) is 0. The van der Waals surface area contributed by atoms with E-state index >= 15 is 0 Å². The Balaban J connectivity index is 2.07. The fourth-order valence-corrected chi connectivity index (χ4v) is 2.29.